The first-order valence-electron chi connectivity index (χ1n) is 26.5. The Balaban J connectivity index is 1.24. The first-order chi connectivity index (χ1) is 34.0. The lowest BCUT2D eigenvalue weighted by molar-refractivity contribution is 0.572. The highest BCUT2D eigenvalue weighted by atomic mass is 15.0. The van der Waals surface area contributed by atoms with Gasteiger partial charge in [-0.15, -0.1) is 0 Å². The molecule has 0 radical (unpaired) electrons. The third-order valence-electron chi connectivity index (χ3n) is 17.6. The Morgan fingerprint density at radius 3 is 1.35 bits per heavy atom. The fraction of sp³-hybridized carbons (Fsp3) is 0.275. The molecule has 72 heavy (non-hydrogen) atoms. The molecule has 4 heterocycles. The summed E-state index contributed by atoms with van der Waals surface area (Å²) in [5, 5.41) is 10.8. The fourth-order valence-electron chi connectivity index (χ4n) is 13.9. The predicted molar refractivity (Wildman–Crippen MR) is 313 cm³/mol. The molecule has 2 aliphatic heterocycles. The minimum absolute atomic E-state index is 0.00932. The highest BCUT2D eigenvalue weighted by molar-refractivity contribution is 7.00. The Morgan fingerprint density at radius 1 is 0.403 bits per heavy atom. The summed E-state index contributed by atoms with van der Waals surface area (Å²) < 4.78 is 5.50. The van der Waals surface area contributed by atoms with Gasteiger partial charge in [-0.2, -0.15) is 0 Å². The zero-order valence-electron chi connectivity index (χ0n) is 44.8. The number of hydrogen-bond donors (Lipinski definition) is 0. The molecule has 0 spiro atoms. The van der Waals surface area contributed by atoms with Gasteiger partial charge in [-0.05, 0) is 146 Å². The van der Waals surface area contributed by atoms with Gasteiger partial charge in [-0.25, -0.2) is 0 Å². The van der Waals surface area contributed by atoms with Gasteiger partial charge in [0.25, 0.3) is 6.71 Å². The molecule has 0 saturated carbocycles. The summed E-state index contributed by atoms with van der Waals surface area (Å²) in [6.45, 7) is 33.6. The van der Waals surface area contributed by atoms with Crippen molar-refractivity contribution in [1.29, 1.82) is 0 Å². The van der Waals surface area contributed by atoms with E-state index in [4.69, 9.17) is 0 Å². The Hall–Kier alpha value is -6.84. The van der Waals surface area contributed by atoms with Crippen molar-refractivity contribution in [1.82, 2.24) is 9.13 Å². The van der Waals surface area contributed by atoms with E-state index in [1.54, 1.807) is 0 Å². The predicted octanol–water partition coefficient (Wildman–Crippen LogP) is 16.5. The van der Waals surface area contributed by atoms with Crippen molar-refractivity contribution in [2.24, 2.45) is 0 Å². The van der Waals surface area contributed by atoms with Gasteiger partial charge in [0.2, 0.25) is 0 Å². The quantitative estimate of drug-likeness (QED) is 0.145. The van der Waals surface area contributed by atoms with Crippen molar-refractivity contribution in [3.05, 3.63) is 173 Å². The second kappa shape index (κ2) is 13.8. The molecule has 3 heteroatoms. The second-order valence-electron chi connectivity index (χ2n) is 26.6. The number of hydrogen-bond acceptors (Lipinski definition) is 0. The van der Waals surface area contributed by atoms with E-state index in [0.29, 0.717) is 0 Å². The Bertz CT molecular complexity index is 4050. The van der Waals surface area contributed by atoms with Crippen LogP contribution in [0.15, 0.2) is 140 Å². The van der Waals surface area contributed by atoms with Crippen LogP contribution in [0.25, 0.3) is 98.8 Å². The first-order valence-corrected chi connectivity index (χ1v) is 26.5. The maximum Gasteiger partial charge on any atom is 0.252 e. The summed E-state index contributed by atoms with van der Waals surface area (Å²) in [4.78, 5) is 0. The first kappa shape index (κ1) is 43.9. The lowest BCUT2D eigenvalue weighted by Gasteiger charge is -2.35. The maximum atomic E-state index is 2.75. The molecule has 0 amide bonds. The molecular weight excluding hydrogens is 868 g/mol. The summed E-state index contributed by atoms with van der Waals surface area (Å²) in [5.74, 6) is 0. The summed E-state index contributed by atoms with van der Waals surface area (Å²) in [5.41, 5.74) is 25.2. The molecule has 2 nitrogen and oxygen atoms in total. The average Bonchev–Trinajstić information content (AvgIpc) is 3.94. The van der Waals surface area contributed by atoms with Gasteiger partial charge in [-0.1, -0.05) is 206 Å². The van der Waals surface area contributed by atoms with Crippen LogP contribution >= 0.6 is 0 Å². The molecule has 0 N–H and O–H groups in total. The van der Waals surface area contributed by atoms with Crippen LogP contribution in [0, 0.1) is 0 Å². The van der Waals surface area contributed by atoms with Crippen LogP contribution in [0.3, 0.4) is 0 Å². The summed E-state index contributed by atoms with van der Waals surface area (Å²) >= 11 is 0. The van der Waals surface area contributed by atoms with Crippen LogP contribution in [0.4, 0.5) is 0 Å². The lowest BCUT2D eigenvalue weighted by Crippen LogP contribution is -2.59. The number of rotatable bonds is 1. The molecule has 1 aliphatic carbocycles. The Labute approximate surface area is 425 Å². The van der Waals surface area contributed by atoms with Crippen molar-refractivity contribution < 1.29 is 0 Å². The SMILES string of the molecule is CC(C)(C)c1cc(C(C)(C)C)c2c3c4ccccc4cc4c3n(c2c1)-c1cc(-c2ccc3c(c2)-c2ccccc2C3(C)C)cc2c1B4c1cc3ccccc3c3c4c(C(C)(C)C)cc(C(C)(C)C)cc4n-2c13. The molecule has 2 aromatic heterocycles. The monoisotopic (exact) mass is 933 g/mol. The van der Waals surface area contributed by atoms with E-state index < -0.39 is 0 Å². The number of benzene rings is 9. The number of aromatic nitrogens is 2. The van der Waals surface area contributed by atoms with Crippen molar-refractivity contribution >= 4 is 88.3 Å². The van der Waals surface area contributed by atoms with E-state index >= 15 is 0 Å². The lowest BCUT2D eigenvalue weighted by atomic mass is 9.34. The number of fused-ring (bicyclic) bond motifs is 17. The van der Waals surface area contributed by atoms with Gasteiger partial charge in [-0.3, -0.25) is 0 Å². The normalized spacial score (nSPS) is 14.9. The van der Waals surface area contributed by atoms with Gasteiger partial charge in [0.1, 0.15) is 0 Å². The molecule has 0 bridgehead atoms. The van der Waals surface area contributed by atoms with Crippen LogP contribution in [-0.4, -0.2) is 15.8 Å². The van der Waals surface area contributed by atoms with E-state index in [9.17, 15) is 0 Å². The molecule has 354 valence electrons. The molecule has 0 saturated heterocycles. The standard InChI is InChI=1S/C69H65BN2/c1-65(2,3)42-34-50(67(7,8)9)60-54(36-42)71-56-32-41(38-27-28-49-47(29-38)46-25-19-20-26-48(46)69(49,13)14)33-57-62(56)70(52-30-39-21-15-17-23-44(39)58(60)63(52)71)53-31-40-22-16-18-24-45(40)59-61-51(68(10,11)12)35-43(66(4,5)6)37-55(61)72(57)64(53)59/h15-37H,1-14H3. The molecule has 0 fully saturated rings. The summed E-state index contributed by atoms with van der Waals surface area (Å²) in [7, 11) is 0. The third kappa shape index (κ3) is 5.69. The van der Waals surface area contributed by atoms with Gasteiger partial charge in [0.15, 0.2) is 0 Å². The van der Waals surface area contributed by atoms with Gasteiger partial charge >= 0.3 is 0 Å². The van der Waals surface area contributed by atoms with Crippen LogP contribution in [0.5, 0.6) is 0 Å². The van der Waals surface area contributed by atoms with Crippen molar-refractivity contribution in [2.75, 3.05) is 0 Å². The molecule has 0 atom stereocenters. The van der Waals surface area contributed by atoms with Gasteiger partial charge in [0.05, 0.1) is 22.1 Å². The number of nitrogens with zero attached hydrogens (tertiary/aromatic N) is 2. The molecule has 14 rings (SSSR count). The summed E-state index contributed by atoms with van der Waals surface area (Å²) in [6, 6.07) is 55.5. The molecule has 9 aromatic carbocycles. The minimum Gasteiger partial charge on any atom is -0.310 e. The molecule has 3 aliphatic rings. The smallest absolute Gasteiger partial charge is 0.252 e. The van der Waals surface area contributed by atoms with Gasteiger partial charge in [0, 0.05) is 38.3 Å². The highest BCUT2D eigenvalue weighted by Gasteiger charge is 2.44. The Morgan fingerprint density at radius 2 is 0.861 bits per heavy atom. The zero-order valence-corrected chi connectivity index (χ0v) is 44.8. The van der Waals surface area contributed by atoms with E-state index in [1.807, 2.05) is 0 Å². The minimum atomic E-state index is -0.112. The van der Waals surface area contributed by atoms with Crippen molar-refractivity contribution in [3.8, 4) is 33.6 Å². The molecular formula is C69H65BN2. The largest absolute Gasteiger partial charge is 0.310 e. The fourth-order valence-corrected chi connectivity index (χ4v) is 13.9. The van der Waals surface area contributed by atoms with E-state index in [2.05, 4.69) is 246 Å². The topological polar surface area (TPSA) is 9.86 Å². The zero-order chi connectivity index (χ0) is 50.1. The third-order valence-corrected chi connectivity index (χ3v) is 17.6. The van der Waals surface area contributed by atoms with Crippen molar-refractivity contribution in [3.63, 3.8) is 0 Å². The van der Waals surface area contributed by atoms with E-state index in [1.165, 1.54) is 149 Å². The van der Waals surface area contributed by atoms with Crippen molar-refractivity contribution in [2.45, 2.75) is 124 Å². The average molecular weight is 933 g/mol. The molecule has 0 unspecified atom stereocenters. The molecule has 11 aromatic rings. The van der Waals surface area contributed by atoms with Crippen LogP contribution in [0.2, 0.25) is 0 Å². The second-order valence-corrected chi connectivity index (χ2v) is 26.6. The van der Waals surface area contributed by atoms with E-state index in [-0.39, 0.29) is 33.8 Å². The van der Waals surface area contributed by atoms with E-state index in [0.717, 1.165) is 0 Å². The van der Waals surface area contributed by atoms with Crippen LogP contribution in [0.1, 0.15) is 130 Å². The maximum absolute atomic E-state index is 2.75. The summed E-state index contributed by atoms with van der Waals surface area (Å²) in [6.07, 6.45) is 0. The van der Waals surface area contributed by atoms with Gasteiger partial charge < -0.3 is 9.13 Å². The highest BCUT2D eigenvalue weighted by Crippen LogP contribution is 2.52. The Kier molecular flexibility index (Phi) is 8.42. The van der Waals surface area contributed by atoms with Crippen LogP contribution < -0.4 is 16.4 Å². The van der Waals surface area contributed by atoms with Crippen LogP contribution in [-0.2, 0) is 27.1 Å².